The Morgan fingerprint density at radius 3 is 3.06 bits per heavy atom. The number of nitrogens with one attached hydrogen (secondary N) is 1. The summed E-state index contributed by atoms with van der Waals surface area (Å²) in [7, 11) is -1.35. The van der Waals surface area contributed by atoms with Gasteiger partial charge < -0.3 is 10.1 Å². The maximum absolute atomic E-state index is 11.5. The molecule has 5 nitrogen and oxygen atoms in total. The summed E-state index contributed by atoms with van der Waals surface area (Å²) >= 11 is 0. The van der Waals surface area contributed by atoms with Crippen LogP contribution >= 0.6 is 0 Å². The highest BCUT2D eigenvalue weighted by molar-refractivity contribution is 7.91. The van der Waals surface area contributed by atoms with Crippen molar-refractivity contribution in [3.8, 4) is 5.88 Å². The molecule has 1 atom stereocenters. The lowest BCUT2D eigenvalue weighted by Gasteiger charge is -2.24. The van der Waals surface area contributed by atoms with Gasteiger partial charge in [-0.25, -0.2) is 13.4 Å². The van der Waals surface area contributed by atoms with Crippen LogP contribution in [0.5, 0.6) is 5.88 Å². The molecule has 17 heavy (non-hydrogen) atoms. The predicted octanol–water partition coefficient (Wildman–Crippen LogP) is 1.08. The van der Waals surface area contributed by atoms with Crippen molar-refractivity contribution >= 4 is 15.5 Å². The van der Waals surface area contributed by atoms with Gasteiger partial charge in [-0.15, -0.1) is 0 Å². The second-order valence-corrected chi connectivity index (χ2v) is 6.39. The van der Waals surface area contributed by atoms with Gasteiger partial charge in [-0.05, 0) is 25.0 Å². The van der Waals surface area contributed by atoms with Crippen LogP contribution in [0.25, 0.3) is 0 Å². The van der Waals surface area contributed by atoms with Crippen molar-refractivity contribution in [2.75, 3.05) is 23.9 Å². The molecule has 1 unspecified atom stereocenters. The van der Waals surface area contributed by atoms with Gasteiger partial charge in [-0.3, -0.25) is 0 Å². The molecule has 1 N–H and O–H groups in total. The average molecular weight is 256 g/mol. The van der Waals surface area contributed by atoms with Crippen molar-refractivity contribution in [2.24, 2.45) is 0 Å². The zero-order valence-corrected chi connectivity index (χ0v) is 10.5. The Bertz CT molecular complexity index is 487. The van der Waals surface area contributed by atoms with Crippen molar-refractivity contribution in [3.05, 3.63) is 18.3 Å². The SMILES string of the molecule is COc1ncccc1NC1CCCS(=O)(=O)C1. The number of rotatable bonds is 3. The van der Waals surface area contributed by atoms with E-state index in [0.29, 0.717) is 18.1 Å². The van der Waals surface area contributed by atoms with E-state index in [9.17, 15) is 8.42 Å². The van der Waals surface area contributed by atoms with Gasteiger partial charge in [-0.1, -0.05) is 0 Å². The molecule has 2 rings (SSSR count). The summed E-state index contributed by atoms with van der Waals surface area (Å²) in [4.78, 5) is 4.06. The summed E-state index contributed by atoms with van der Waals surface area (Å²) in [5, 5.41) is 3.19. The molecule has 1 fully saturated rings. The van der Waals surface area contributed by atoms with Gasteiger partial charge in [0.25, 0.3) is 0 Å². The molecular weight excluding hydrogens is 240 g/mol. The molecule has 0 aliphatic carbocycles. The first kappa shape index (κ1) is 12.2. The number of ether oxygens (including phenoxy) is 1. The molecule has 1 aliphatic heterocycles. The lowest BCUT2D eigenvalue weighted by Crippen LogP contribution is -2.34. The second-order valence-electron chi connectivity index (χ2n) is 4.16. The van der Waals surface area contributed by atoms with E-state index < -0.39 is 9.84 Å². The van der Waals surface area contributed by atoms with Crippen LogP contribution in [-0.2, 0) is 9.84 Å². The van der Waals surface area contributed by atoms with Gasteiger partial charge in [0, 0.05) is 12.2 Å². The standard InChI is InChI=1S/C11H16N2O3S/c1-16-11-10(5-2-6-12-11)13-9-4-3-7-17(14,15)8-9/h2,5-6,9,13H,3-4,7-8H2,1H3. The normalized spacial score (nSPS) is 23.0. The Hall–Kier alpha value is -1.30. The molecular formula is C11H16N2O3S. The third-order valence-corrected chi connectivity index (χ3v) is 4.61. The first-order chi connectivity index (χ1) is 8.11. The van der Waals surface area contributed by atoms with E-state index in [1.807, 2.05) is 6.07 Å². The number of pyridine rings is 1. The topological polar surface area (TPSA) is 68.3 Å². The fourth-order valence-electron chi connectivity index (χ4n) is 2.02. The molecule has 0 bridgehead atoms. The van der Waals surface area contributed by atoms with Gasteiger partial charge >= 0.3 is 0 Å². The highest BCUT2D eigenvalue weighted by Crippen LogP contribution is 2.23. The number of sulfone groups is 1. The number of nitrogens with zero attached hydrogens (tertiary/aromatic N) is 1. The number of anilines is 1. The number of methoxy groups -OCH3 is 1. The van der Waals surface area contributed by atoms with Crippen LogP contribution in [0.15, 0.2) is 18.3 Å². The van der Waals surface area contributed by atoms with Crippen molar-refractivity contribution in [1.29, 1.82) is 0 Å². The smallest absolute Gasteiger partial charge is 0.237 e. The summed E-state index contributed by atoms with van der Waals surface area (Å²) in [5.41, 5.74) is 0.747. The van der Waals surface area contributed by atoms with Crippen molar-refractivity contribution in [1.82, 2.24) is 4.98 Å². The monoisotopic (exact) mass is 256 g/mol. The van der Waals surface area contributed by atoms with E-state index in [1.165, 1.54) is 0 Å². The predicted molar refractivity (Wildman–Crippen MR) is 66.1 cm³/mol. The lowest BCUT2D eigenvalue weighted by molar-refractivity contribution is 0.399. The fourth-order valence-corrected chi connectivity index (χ4v) is 3.66. The van der Waals surface area contributed by atoms with Gasteiger partial charge in [0.05, 0.1) is 24.3 Å². The van der Waals surface area contributed by atoms with Crippen molar-refractivity contribution in [2.45, 2.75) is 18.9 Å². The summed E-state index contributed by atoms with van der Waals surface area (Å²) < 4.78 is 28.2. The average Bonchev–Trinajstić information content (AvgIpc) is 2.28. The number of hydrogen-bond donors (Lipinski definition) is 1. The second kappa shape index (κ2) is 4.91. The van der Waals surface area contributed by atoms with E-state index in [4.69, 9.17) is 4.74 Å². The molecule has 0 radical (unpaired) electrons. The highest BCUT2D eigenvalue weighted by Gasteiger charge is 2.25. The Kier molecular flexibility index (Phi) is 3.51. The minimum absolute atomic E-state index is 0.0492. The molecule has 1 aromatic heterocycles. The highest BCUT2D eigenvalue weighted by atomic mass is 32.2. The van der Waals surface area contributed by atoms with Crippen LogP contribution in [0.3, 0.4) is 0 Å². The largest absolute Gasteiger partial charge is 0.480 e. The summed E-state index contributed by atoms with van der Waals surface area (Å²) in [6, 6.07) is 3.58. The molecule has 6 heteroatoms. The Morgan fingerprint density at radius 2 is 2.35 bits per heavy atom. The fraction of sp³-hybridized carbons (Fsp3) is 0.545. The van der Waals surface area contributed by atoms with Gasteiger partial charge in [0.1, 0.15) is 0 Å². The zero-order valence-electron chi connectivity index (χ0n) is 9.72. The van der Waals surface area contributed by atoms with E-state index in [-0.39, 0.29) is 11.8 Å². The number of aromatic nitrogens is 1. The maximum Gasteiger partial charge on any atom is 0.237 e. The van der Waals surface area contributed by atoms with Crippen LogP contribution in [0, 0.1) is 0 Å². The Labute approximate surface area is 101 Å². The van der Waals surface area contributed by atoms with Crippen molar-refractivity contribution < 1.29 is 13.2 Å². The molecule has 2 heterocycles. The van der Waals surface area contributed by atoms with Crippen molar-refractivity contribution in [3.63, 3.8) is 0 Å². The minimum atomic E-state index is -2.90. The number of hydrogen-bond acceptors (Lipinski definition) is 5. The Morgan fingerprint density at radius 1 is 1.53 bits per heavy atom. The van der Waals surface area contributed by atoms with Crippen LogP contribution in [0.2, 0.25) is 0 Å². The van der Waals surface area contributed by atoms with Gasteiger partial charge in [0.2, 0.25) is 5.88 Å². The van der Waals surface area contributed by atoms with Crippen LogP contribution in [0.4, 0.5) is 5.69 Å². The van der Waals surface area contributed by atoms with E-state index in [1.54, 1.807) is 19.4 Å². The summed E-state index contributed by atoms with van der Waals surface area (Å²) in [6.45, 7) is 0. The van der Waals surface area contributed by atoms with Gasteiger partial charge in [0.15, 0.2) is 9.84 Å². The zero-order chi connectivity index (χ0) is 12.3. The minimum Gasteiger partial charge on any atom is -0.480 e. The van der Waals surface area contributed by atoms with Crippen LogP contribution in [0.1, 0.15) is 12.8 Å². The lowest BCUT2D eigenvalue weighted by atomic mass is 10.2. The molecule has 0 saturated carbocycles. The molecule has 1 saturated heterocycles. The van der Waals surface area contributed by atoms with Crippen LogP contribution in [-0.4, -0.2) is 38.1 Å². The molecule has 1 aromatic rings. The van der Waals surface area contributed by atoms with E-state index in [2.05, 4.69) is 10.3 Å². The third-order valence-electron chi connectivity index (χ3n) is 2.79. The Balaban J connectivity index is 2.10. The van der Waals surface area contributed by atoms with E-state index in [0.717, 1.165) is 12.1 Å². The first-order valence-electron chi connectivity index (χ1n) is 5.57. The quantitative estimate of drug-likeness (QED) is 0.876. The molecule has 0 amide bonds. The van der Waals surface area contributed by atoms with E-state index >= 15 is 0 Å². The molecule has 94 valence electrons. The molecule has 0 spiro atoms. The molecule has 0 aromatic carbocycles. The molecule has 1 aliphatic rings. The maximum atomic E-state index is 11.5. The summed E-state index contributed by atoms with van der Waals surface area (Å²) in [6.07, 6.45) is 3.21. The third kappa shape index (κ3) is 3.09. The first-order valence-corrected chi connectivity index (χ1v) is 7.39. The van der Waals surface area contributed by atoms with Crippen LogP contribution < -0.4 is 10.1 Å². The van der Waals surface area contributed by atoms with Gasteiger partial charge in [-0.2, -0.15) is 0 Å². The summed E-state index contributed by atoms with van der Waals surface area (Å²) in [5.74, 6) is 0.982.